The summed E-state index contributed by atoms with van der Waals surface area (Å²) in [4.78, 5) is 13.7. The molecule has 1 saturated heterocycles. The number of carbonyl (C=O) groups excluding carboxylic acids is 1. The molecule has 0 saturated carbocycles. The van der Waals surface area contributed by atoms with Gasteiger partial charge < -0.3 is 15.4 Å². The predicted molar refractivity (Wildman–Crippen MR) is 79.6 cm³/mol. The van der Waals surface area contributed by atoms with Crippen molar-refractivity contribution in [2.75, 3.05) is 25.4 Å². The van der Waals surface area contributed by atoms with Crippen LogP contribution < -0.4 is 10.5 Å². The lowest BCUT2D eigenvalue weighted by molar-refractivity contribution is -0.132. The molecular formula is C13H14IN3O2. The molecule has 6 heteroatoms. The van der Waals surface area contributed by atoms with Crippen molar-refractivity contribution in [3.63, 3.8) is 0 Å². The van der Waals surface area contributed by atoms with Crippen molar-refractivity contribution in [2.24, 2.45) is 0 Å². The van der Waals surface area contributed by atoms with Crippen molar-refractivity contribution in [1.82, 2.24) is 4.90 Å². The van der Waals surface area contributed by atoms with Crippen LogP contribution in [0.5, 0.6) is 5.75 Å². The Hall–Kier alpha value is -1.49. The molecule has 1 aromatic carbocycles. The van der Waals surface area contributed by atoms with Crippen LogP contribution in [0.15, 0.2) is 12.1 Å². The number of nitrogens with two attached hydrogens (primary N) is 1. The molecule has 5 nitrogen and oxygen atoms in total. The largest absolute Gasteiger partial charge is 0.480 e. The van der Waals surface area contributed by atoms with E-state index in [2.05, 4.69) is 0 Å². The zero-order valence-corrected chi connectivity index (χ0v) is 12.5. The zero-order chi connectivity index (χ0) is 13.8. The van der Waals surface area contributed by atoms with Gasteiger partial charge in [0.2, 0.25) is 0 Å². The van der Waals surface area contributed by atoms with Crippen LogP contribution in [0.2, 0.25) is 0 Å². The van der Waals surface area contributed by atoms with Crippen LogP contribution in [0.1, 0.15) is 18.4 Å². The minimum absolute atomic E-state index is 0.00784. The molecule has 1 aromatic rings. The Labute approximate surface area is 125 Å². The van der Waals surface area contributed by atoms with E-state index >= 15 is 0 Å². The number of nitrogens with zero attached hydrogens (tertiary/aromatic N) is 2. The molecule has 100 valence electrons. The molecule has 0 aliphatic carbocycles. The lowest BCUT2D eigenvalue weighted by Crippen LogP contribution is -2.32. The topological polar surface area (TPSA) is 79.4 Å². The summed E-state index contributed by atoms with van der Waals surface area (Å²) >= 11 is 2.05. The Morgan fingerprint density at radius 3 is 2.74 bits per heavy atom. The van der Waals surface area contributed by atoms with Gasteiger partial charge in [-0.1, -0.05) is 0 Å². The number of halogens is 1. The van der Waals surface area contributed by atoms with Crippen molar-refractivity contribution < 1.29 is 9.53 Å². The normalized spacial score (nSPS) is 14.2. The van der Waals surface area contributed by atoms with Crippen LogP contribution in [0.3, 0.4) is 0 Å². The van der Waals surface area contributed by atoms with E-state index in [0.29, 0.717) is 17.0 Å². The summed E-state index contributed by atoms with van der Waals surface area (Å²) in [5.74, 6) is 0.462. The lowest BCUT2D eigenvalue weighted by atomic mass is 10.2. The SMILES string of the molecule is N#Cc1cc(N)c(OCC(=O)N2CCCC2)c(I)c1. The van der Waals surface area contributed by atoms with Gasteiger partial charge in [-0.25, -0.2) is 0 Å². The van der Waals surface area contributed by atoms with Gasteiger partial charge in [0.1, 0.15) is 0 Å². The van der Waals surface area contributed by atoms with E-state index < -0.39 is 0 Å². The minimum Gasteiger partial charge on any atom is -0.480 e. The molecule has 0 bridgehead atoms. The number of hydrogen-bond acceptors (Lipinski definition) is 4. The third kappa shape index (κ3) is 3.29. The second kappa shape index (κ2) is 6.10. The smallest absolute Gasteiger partial charge is 0.260 e. The predicted octanol–water partition coefficient (Wildman–Crippen LogP) is 1.75. The third-order valence-corrected chi connectivity index (χ3v) is 3.80. The first-order valence-corrected chi connectivity index (χ1v) is 7.09. The summed E-state index contributed by atoms with van der Waals surface area (Å²) in [5, 5.41) is 8.83. The fourth-order valence-corrected chi connectivity index (χ4v) is 2.83. The number of nitriles is 1. The molecule has 0 atom stereocenters. The van der Waals surface area contributed by atoms with Gasteiger partial charge >= 0.3 is 0 Å². The maximum absolute atomic E-state index is 11.9. The highest BCUT2D eigenvalue weighted by molar-refractivity contribution is 14.1. The molecule has 1 heterocycles. The highest BCUT2D eigenvalue weighted by Gasteiger charge is 2.19. The van der Waals surface area contributed by atoms with E-state index in [1.54, 1.807) is 17.0 Å². The van der Waals surface area contributed by atoms with E-state index in [1.807, 2.05) is 28.7 Å². The number of likely N-dealkylation sites (tertiary alicyclic amines) is 1. The molecule has 1 fully saturated rings. The molecule has 0 aromatic heterocycles. The van der Waals surface area contributed by atoms with E-state index in [1.165, 1.54) is 0 Å². The Kier molecular flexibility index (Phi) is 4.47. The maximum atomic E-state index is 11.9. The van der Waals surface area contributed by atoms with Gasteiger partial charge in [0.25, 0.3) is 5.91 Å². The van der Waals surface area contributed by atoms with Crippen molar-refractivity contribution >= 4 is 34.2 Å². The molecule has 2 N–H and O–H groups in total. The molecule has 2 rings (SSSR count). The first-order valence-electron chi connectivity index (χ1n) is 6.01. The summed E-state index contributed by atoms with van der Waals surface area (Å²) in [5.41, 5.74) is 6.70. The Bertz CT molecular complexity index is 510. The van der Waals surface area contributed by atoms with Crippen LogP contribution in [0.25, 0.3) is 0 Å². The first-order chi connectivity index (χ1) is 9.11. The second-order valence-electron chi connectivity index (χ2n) is 4.36. The molecule has 0 spiro atoms. The number of carbonyl (C=O) groups is 1. The molecular weight excluding hydrogens is 357 g/mol. The highest BCUT2D eigenvalue weighted by atomic mass is 127. The molecule has 1 aliphatic rings. The van der Waals surface area contributed by atoms with Gasteiger partial charge in [-0.05, 0) is 47.6 Å². The maximum Gasteiger partial charge on any atom is 0.260 e. The number of benzene rings is 1. The Morgan fingerprint density at radius 2 is 2.16 bits per heavy atom. The average Bonchev–Trinajstić information content (AvgIpc) is 2.91. The summed E-state index contributed by atoms with van der Waals surface area (Å²) in [6, 6.07) is 5.27. The molecule has 1 amide bonds. The van der Waals surface area contributed by atoms with E-state index in [4.69, 9.17) is 15.7 Å². The van der Waals surface area contributed by atoms with Crippen molar-refractivity contribution in [2.45, 2.75) is 12.8 Å². The standard InChI is InChI=1S/C13H14IN3O2/c14-10-5-9(7-15)6-11(16)13(10)19-8-12(18)17-3-1-2-4-17/h5-6H,1-4,8,16H2. The van der Waals surface area contributed by atoms with Crippen LogP contribution in [-0.2, 0) is 4.79 Å². The minimum atomic E-state index is -0.0166. The van der Waals surface area contributed by atoms with Crippen molar-refractivity contribution in [3.8, 4) is 11.8 Å². The van der Waals surface area contributed by atoms with Gasteiger partial charge in [-0.3, -0.25) is 4.79 Å². The molecule has 1 aliphatic heterocycles. The summed E-state index contributed by atoms with van der Waals surface area (Å²) < 4.78 is 6.25. The number of rotatable bonds is 3. The number of nitrogen functional groups attached to an aromatic ring is 1. The number of ether oxygens (including phenoxy) is 1. The van der Waals surface area contributed by atoms with Crippen LogP contribution in [0, 0.1) is 14.9 Å². The Morgan fingerprint density at radius 1 is 1.47 bits per heavy atom. The number of amides is 1. The lowest BCUT2D eigenvalue weighted by Gasteiger charge is -2.16. The average molecular weight is 371 g/mol. The molecule has 0 radical (unpaired) electrons. The van der Waals surface area contributed by atoms with Gasteiger partial charge in [0.15, 0.2) is 12.4 Å². The van der Waals surface area contributed by atoms with E-state index in [-0.39, 0.29) is 12.5 Å². The van der Waals surface area contributed by atoms with Gasteiger partial charge in [0, 0.05) is 13.1 Å². The summed E-state index contributed by atoms with van der Waals surface area (Å²) in [6.45, 7) is 1.61. The van der Waals surface area contributed by atoms with Gasteiger partial charge in [-0.2, -0.15) is 5.26 Å². The number of anilines is 1. The molecule has 0 unspecified atom stereocenters. The molecule has 19 heavy (non-hydrogen) atoms. The first kappa shape index (κ1) is 13.9. The second-order valence-corrected chi connectivity index (χ2v) is 5.53. The fourth-order valence-electron chi connectivity index (χ4n) is 2.02. The third-order valence-electron chi connectivity index (χ3n) is 3.00. The monoisotopic (exact) mass is 371 g/mol. The van der Waals surface area contributed by atoms with E-state index in [9.17, 15) is 4.79 Å². The van der Waals surface area contributed by atoms with Crippen molar-refractivity contribution in [3.05, 3.63) is 21.3 Å². The fraction of sp³-hybridized carbons (Fsp3) is 0.385. The summed E-state index contributed by atoms with van der Waals surface area (Å²) in [6.07, 6.45) is 2.12. The van der Waals surface area contributed by atoms with Gasteiger partial charge in [0.05, 0.1) is 20.9 Å². The van der Waals surface area contributed by atoms with Crippen molar-refractivity contribution in [1.29, 1.82) is 5.26 Å². The van der Waals surface area contributed by atoms with Gasteiger partial charge in [-0.15, -0.1) is 0 Å². The quantitative estimate of drug-likeness (QED) is 0.649. The zero-order valence-electron chi connectivity index (χ0n) is 10.4. The Balaban J connectivity index is 2.03. The summed E-state index contributed by atoms with van der Waals surface area (Å²) in [7, 11) is 0. The van der Waals surface area contributed by atoms with Crippen LogP contribution in [-0.4, -0.2) is 30.5 Å². The highest BCUT2D eigenvalue weighted by Crippen LogP contribution is 2.29. The van der Waals surface area contributed by atoms with E-state index in [0.717, 1.165) is 29.5 Å². The number of hydrogen-bond donors (Lipinski definition) is 1. The van der Waals surface area contributed by atoms with Crippen LogP contribution >= 0.6 is 22.6 Å². The van der Waals surface area contributed by atoms with Crippen LogP contribution in [0.4, 0.5) is 5.69 Å².